The molecule has 0 radical (unpaired) electrons. The quantitative estimate of drug-likeness (QED) is 0.774. The lowest BCUT2D eigenvalue weighted by Crippen LogP contribution is -2.41. The van der Waals surface area contributed by atoms with Gasteiger partial charge in [-0.3, -0.25) is 0 Å². The van der Waals surface area contributed by atoms with Gasteiger partial charge in [0.25, 0.3) is 0 Å². The second-order valence-electron chi connectivity index (χ2n) is 8.44. The minimum absolute atomic E-state index is 0.0232. The minimum Gasteiger partial charge on any atom is -0.449 e. The van der Waals surface area contributed by atoms with Gasteiger partial charge in [0.05, 0.1) is 12.2 Å². The van der Waals surface area contributed by atoms with Gasteiger partial charge >= 0.3 is 12.3 Å². The van der Waals surface area contributed by atoms with Gasteiger partial charge in [0.1, 0.15) is 0 Å². The van der Waals surface area contributed by atoms with E-state index in [1.165, 1.54) is 0 Å². The van der Waals surface area contributed by atoms with Gasteiger partial charge in [-0.05, 0) is 52.4 Å². The number of amides is 1. The monoisotopic (exact) mass is 427 g/mol. The maximum absolute atomic E-state index is 12.6. The van der Waals surface area contributed by atoms with E-state index in [0.717, 1.165) is 25.7 Å². The van der Waals surface area contributed by atoms with Crippen molar-refractivity contribution in [2.24, 2.45) is 5.92 Å². The molecule has 0 aliphatic heterocycles. The maximum atomic E-state index is 12.6. The Balaban J connectivity index is 1.51. The topological polar surface area (TPSA) is 103 Å². The largest absolute Gasteiger partial charge is 0.449 e. The van der Waals surface area contributed by atoms with Crippen LogP contribution in [0.2, 0.25) is 0 Å². The summed E-state index contributed by atoms with van der Waals surface area (Å²) in [5, 5.41) is 6.55. The Hall–Kier alpha value is -2.72. The van der Waals surface area contributed by atoms with Gasteiger partial charge in [0.15, 0.2) is 0 Å². The predicted molar refractivity (Wildman–Crippen MR) is 99.3 cm³/mol. The fourth-order valence-electron chi connectivity index (χ4n) is 3.19. The predicted octanol–water partition coefficient (Wildman–Crippen LogP) is 4.34. The van der Waals surface area contributed by atoms with Gasteiger partial charge in [-0.2, -0.15) is 18.2 Å². The Kier molecular flexibility index (Phi) is 6.27. The van der Waals surface area contributed by atoms with E-state index in [1.54, 1.807) is 0 Å². The van der Waals surface area contributed by atoms with Gasteiger partial charge < -0.3 is 14.6 Å². The van der Waals surface area contributed by atoms with Crippen LogP contribution in [0, 0.1) is 5.92 Å². The Morgan fingerprint density at radius 2 is 1.77 bits per heavy atom. The highest BCUT2D eigenvalue weighted by molar-refractivity contribution is 5.68. The molecule has 2 heterocycles. The summed E-state index contributed by atoms with van der Waals surface area (Å²) in [4.78, 5) is 23.4. The summed E-state index contributed by atoms with van der Waals surface area (Å²) in [5.74, 6) is 0.749. The van der Waals surface area contributed by atoms with Crippen LogP contribution in [-0.2, 0) is 10.9 Å². The molecule has 2 aromatic rings. The number of alkyl halides is 3. The number of carbonyl (C=O) groups excluding carboxylic acids is 1. The third-order valence-corrected chi connectivity index (χ3v) is 4.74. The van der Waals surface area contributed by atoms with E-state index in [1.807, 2.05) is 20.8 Å². The van der Waals surface area contributed by atoms with Gasteiger partial charge in [0.2, 0.25) is 17.5 Å². The lowest BCUT2D eigenvalue weighted by Gasteiger charge is -2.27. The van der Waals surface area contributed by atoms with Crippen LogP contribution in [0.15, 0.2) is 16.9 Å². The van der Waals surface area contributed by atoms with Crippen molar-refractivity contribution in [3.8, 4) is 11.6 Å². The Bertz CT molecular complexity index is 854. The summed E-state index contributed by atoms with van der Waals surface area (Å²) < 4.78 is 48.4. The molecule has 1 aliphatic carbocycles. The number of nitrogens with zero attached hydrogens (tertiary/aromatic N) is 4. The molecule has 3 rings (SSSR count). The van der Waals surface area contributed by atoms with E-state index in [0.29, 0.717) is 24.9 Å². The zero-order chi connectivity index (χ0) is 21.9. The lowest BCUT2D eigenvalue weighted by atomic mass is 9.82. The average Bonchev–Trinajstić information content (AvgIpc) is 3.15. The summed E-state index contributed by atoms with van der Waals surface area (Å²) in [6.07, 6.45) is -0.309. The summed E-state index contributed by atoms with van der Waals surface area (Å²) in [6.45, 7) is 6.00. The maximum Gasteiger partial charge on any atom is 0.419 e. The molecule has 0 aromatic carbocycles. The first-order valence-electron chi connectivity index (χ1n) is 9.69. The normalized spacial score (nSPS) is 20.1. The van der Waals surface area contributed by atoms with Crippen molar-refractivity contribution >= 4 is 6.09 Å². The molecule has 1 N–H and O–H groups in total. The summed E-state index contributed by atoms with van der Waals surface area (Å²) in [6, 6.07) is 0. The van der Waals surface area contributed by atoms with Crippen molar-refractivity contribution in [2.75, 3.05) is 6.61 Å². The molecular formula is C19H24F3N5O3. The minimum atomic E-state index is -4.50. The standard InChI is InChI=1S/C19H24F3N5O3/c1-18(2,3)26-17(28)29-10-11-4-6-12(7-5-11)16-25-15(27-30-16)14-23-8-13(9-24-14)19(20,21)22/h8-9,11-12H,4-7,10H2,1-3H3,(H,26,28). The number of rotatable bonds is 4. The Labute approximate surface area is 171 Å². The summed E-state index contributed by atoms with van der Waals surface area (Å²) in [7, 11) is 0. The van der Waals surface area contributed by atoms with Gasteiger partial charge in [-0.25, -0.2) is 14.8 Å². The first-order valence-corrected chi connectivity index (χ1v) is 9.69. The number of alkyl carbamates (subject to hydrolysis) is 1. The fraction of sp³-hybridized carbons (Fsp3) is 0.632. The van der Waals surface area contributed by atoms with Crippen LogP contribution < -0.4 is 5.32 Å². The molecule has 164 valence electrons. The molecule has 1 aliphatic rings. The van der Waals surface area contributed by atoms with Crippen LogP contribution >= 0.6 is 0 Å². The third-order valence-electron chi connectivity index (χ3n) is 4.74. The molecular weight excluding hydrogens is 403 g/mol. The number of nitrogens with one attached hydrogen (secondary N) is 1. The number of halogens is 3. The van der Waals surface area contributed by atoms with Crippen molar-refractivity contribution in [1.29, 1.82) is 0 Å². The van der Waals surface area contributed by atoms with E-state index >= 15 is 0 Å². The Morgan fingerprint density at radius 1 is 1.13 bits per heavy atom. The fourth-order valence-corrected chi connectivity index (χ4v) is 3.19. The molecule has 0 unspecified atom stereocenters. The highest BCUT2D eigenvalue weighted by atomic mass is 19.4. The molecule has 0 atom stereocenters. The Morgan fingerprint density at radius 3 is 2.33 bits per heavy atom. The molecule has 1 saturated carbocycles. The van der Waals surface area contributed by atoms with Crippen molar-refractivity contribution < 1.29 is 27.2 Å². The molecule has 11 heteroatoms. The average molecular weight is 427 g/mol. The van der Waals surface area contributed by atoms with Gasteiger partial charge in [0, 0.05) is 23.9 Å². The number of aromatic nitrogens is 4. The second-order valence-corrected chi connectivity index (χ2v) is 8.44. The molecule has 0 spiro atoms. The van der Waals surface area contributed by atoms with Crippen molar-refractivity contribution in [3.63, 3.8) is 0 Å². The van der Waals surface area contributed by atoms with E-state index in [9.17, 15) is 18.0 Å². The molecule has 1 fully saturated rings. The zero-order valence-corrected chi connectivity index (χ0v) is 17.0. The molecule has 0 saturated heterocycles. The molecule has 30 heavy (non-hydrogen) atoms. The smallest absolute Gasteiger partial charge is 0.419 e. The number of hydrogen-bond acceptors (Lipinski definition) is 7. The highest BCUT2D eigenvalue weighted by Gasteiger charge is 2.32. The van der Waals surface area contributed by atoms with E-state index in [-0.39, 0.29) is 29.0 Å². The van der Waals surface area contributed by atoms with Crippen molar-refractivity contribution in [2.45, 2.75) is 64.1 Å². The lowest BCUT2D eigenvalue weighted by molar-refractivity contribution is -0.138. The van der Waals surface area contributed by atoms with Crippen molar-refractivity contribution in [3.05, 3.63) is 23.8 Å². The van der Waals surface area contributed by atoms with Crippen LogP contribution in [0.25, 0.3) is 11.6 Å². The highest BCUT2D eigenvalue weighted by Crippen LogP contribution is 2.35. The first-order chi connectivity index (χ1) is 14.0. The number of carbonyl (C=O) groups is 1. The van der Waals surface area contributed by atoms with E-state index in [4.69, 9.17) is 9.26 Å². The van der Waals surface area contributed by atoms with Gasteiger partial charge in [-0.1, -0.05) is 5.16 Å². The summed E-state index contributed by atoms with van der Waals surface area (Å²) in [5.41, 5.74) is -1.28. The van der Waals surface area contributed by atoms with Crippen LogP contribution in [0.3, 0.4) is 0 Å². The van der Waals surface area contributed by atoms with Crippen LogP contribution in [0.4, 0.5) is 18.0 Å². The van der Waals surface area contributed by atoms with E-state index < -0.39 is 17.8 Å². The number of ether oxygens (including phenoxy) is 1. The van der Waals surface area contributed by atoms with Crippen LogP contribution in [-0.4, -0.2) is 38.3 Å². The van der Waals surface area contributed by atoms with Gasteiger partial charge in [-0.15, -0.1) is 0 Å². The second kappa shape index (κ2) is 8.57. The number of hydrogen-bond donors (Lipinski definition) is 1. The van der Waals surface area contributed by atoms with Crippen molar-refractivity contribution in [1.82, 2.24) is 25.4 Å². The van der Waals surface area contributed by atoms with E-state index in [2.05, 4.69) is 25.4 Å². The van der Waals surface area contributed by atoms with Crippen LogP contribution in [0.1, 0.15) is 63.8 Å². The van der Waals surface area contributed by atoms with Crippen LogP contribution in [0.5, 0.6) is 0 Å². The third kappa shape index (κ3) is 5.90. The molecule has 1 amide bonds. The SMILES string of the molecule is CC(C)(C)NC(=O)OCC1CCC(c2nc(-c3ncc(C(F)(F)F)cn3)no2)CC1. The summed E-state index contributed by atoms with van der Waals surface area (Å²) >= 11 is 0. The molecule has 8 nitrogen and oxygen atoms in total. The molecule has 0 bridgehead atoms. The zero-order valence-electron chi connectivity index (χ0n) is 17.0. The first kappa shape index (κ1) is 22.0. The molecule has 2 aromatic heterocycles.